The van der Waals surface area contributed by atoms with Crippen molar-refractivity contribution in [1.82, 2.24) is 0 Å². The maximum absolute atomic E-state index is 13.0. The van der Waals surface area contributed by atoms with Crippen LogP contribution >= 0.6 is 0 Å². The van der Waals surface area contributed by atoms with Crippen LogP contribution in [0.2, 0.25) is 0 Å². The average molecular weight is 225 g/mol. The van der Waals surface area contributed by atoms with Crippen LogP contribution in [0.3, 0.4) is 0 Å². The lowest BCUT2D eigenvalue weighted by Crippen LogP contribution is -2.17. The Morgan fingerprint density at radius 1 is 0.867 bits per heavy atom. The van der Waals surface area contributed by atoms with Crippen LogP contribution in [0.4, 0.5) is 22.0 Å². The van der Waals surface area contributed by atoms with Crippen LogP contribution in [0, 0.1) is 29.1 Å². The Labute approximate surface area is 82.7 Å². The summed E-state index contributed by atoms with van der Waals surface area (Å²) in [4.78, 5) is 0. The Balaban J connectivity index is 3.52. The predicted octanol–water partition coefficient (Wildman–Crippen LogP) is 2.79. The van der Waals surface area contributed by atoms with Gasteiger partial charge in [0.1, 0.15) is 0 Å². The molecule has 15 heavy (non-hydrogen) atoms. The minimum atomic E-state index is -2.17. The van der Waals surface area contributed by atoms with Crippen molar-refractivity contribution in [2.24, 2.45) is 5.73 Å². The van der Waals surface area contributed by atoms with E-state index in [1.54, 1.807) is 0 Å². The Morgan fingerprint density at radius 2 is 1.20 bits per heavy atom. The number of halogens is 5. The molecule has 1 aromatic rings. The molecule has 1 nitrogen and oxygen atoms in total. The van der Waals surface area contributed by atoms with Gasteiger partial charge in [0.05, 0.1) is 0 Å². The summed E-state index contributed by atoms with van der Waals surface area (Å²) in [7, 11) is 0. The first-order valence-electron chi connectivity index (χ1n) is 4.18. The van der Waals surface area contributed by atoms with E-state index in [1.807, 2.05) is 0 Å². The van der Waals surface area contributed by atoms with Gasteiger partial charge in [0, 0.05) is 11.6 Å². The third kappa shape index (κ3) is 1.81. The van der Waals surface area contributed by atoms with Crippen LogP contribution in [0.5, 0.6) is 0 Å². The second kappa shape index (κ2) is 4.14. The van der Waals surface area contributed by atoms with Crippen LogP contribution in [0.25, 0.3) is 0 Å². The quantitative estimate of drug-likeness (QED) is 0.467. The molecule has 1 atom stereocenters. The number of rotatable bonds is 2. The first-order valence-corrected chi connectivity index (χ1v) is 4.18. The lowest BCUT2D eigenvalue weighted by Gasteiger charge is -2.13. The Morgan fingerprint density at radius 3 is 1.53 bits per heavy atom. The van der Waals surface area contributed by atoms with E-state index < -0.39 is 40.7 Å². The summed E-state index contributed by atoms with van der Waals surface area (Å²) in [6.45, 7) is 1.47. The van der Waals surface area contributed by atoms with Crippen LogP contribution < -0.4 is 5.73 Å². The van der Waals surface area contributed by atoms with Crippen LogP contribution in [-0.2, 0) is 0 Å². The topological polar surface area (TPSA) is 26.0 Å². The second-order valence-corrected chi connectivity index (χ2v) is 3.00. The van der Waals surface area contributed by atoms with Gasteiger partial charge in [0.25, 0.3) is 0 Å². The van der Waals surface area contributed by atoms with E-state index in [9.17, 15) is 22.0 Å². The van der Waals surface area contributed by atoms with Crippen LogP contribution in [0.1, 0.15) is 24.9 Å². The molecule has 0 bridgehead atoms. The summed E-state index contributed by atoms with van der Waals surface area (Å²) in [5.74, 6) is -9.82. The summed E-state index contributed by atoms with van der Waals surface area (Å²) >= 11 is 0. The van der Waals surface area contributed by atoms with Gasteiger partial charge in [-0.15, -0.1) is 0 Å². The van der Waals surface area contributed by atoms with Crippen molar-refractivity contribution < 1.29 is 22.0 Å². The van der Waals surface area contributed by atoms with Crippen LogP contribution in [-0.4, -0.2) is 0 Å². The van der Waals surface area contributed by atoms with Gasteiger partial charge in [-0.2, -0.15) is 0 Å². The molecule has 0 fully saturated rings. The van der Waals surface area contributed by atoms with Crippen LogP contribution in [0.15, 0.2) is 0 Å². The van der Waals surface area contributed by atoms with Gasteiger partial charge in [-0.25, -0.2) is 22.0 Å². The first-order chi connectivity index (χ1) is 6.91. The number of hydrogen-bond donors (Lipinski definition) is 1. The first kappa shape index (κ1) is 11.9. The summed E-state index contributed by atoms with van der Waals surface area (Å²) in [6.07, 6.45) is 0.0678. The number of hydrogen-bond acceptors (Lipinski definition) is 1. The van der Waals surface area contributed by atoms with E-state index in [0.29, 0.717) is 0 Å². The molecule has 0 radical (unpaired) electrons. The highest BCUT2D eigenvalue weighted by Gasteiger charge is 2.27. The summed E-state index contributed by atoms with van der Waals surface area (Å²) in [5, 5.41) is 0. The van der Waals surface area contributed by atoms with Gasteiger partial charge >= 0.3 is 0 Å². The molecule has 0 unspecified atom stereocenters. The zero-order valence-electron chi connectivity index (χ0n) is 7.75. The van der Waals surface area contributed by atoms with Gasteiger partial charge < -0.3 is 5.73 Å². The smallest absolute Gasteiger partial charge is 0.200 e. The molecule has 0 saturated carbocycles. The summed E-state index contributed by atoms with van der Waals surface area (Å²) < 4.78 is 64.0. The molecule has 1 aromatic carbocycles. The predicted molar refractivity (Wildman–Crippen MR) is 43.5 cm³/mol. The molecule has 0 heterocycles. The molecule has 6 heteroatoms. The Kier molecular flexibility index (Phi) is 3.28. The molecule has 0 aliphatic heterocycles. The lowest BCUT2D eigenvalue weighted by molar-refractivity contribution is 0.363. The lowest BCUT2D eigenvalue weighted by atomic mass is 10.0. The molecular weight excluding hydrogens is 217 g/mol. The minimum Gasteiger partial charge on any atom is -0.324 e. The molecule has 0 aliphatic rings. The molecule has 0 spiro atoms. The third-order valence-electron chi connectivity index (χ3n) is 2.05. The highest BCUT2D eigenvalue weighted by atomic mass is 19.2. The fourth-order valence-corrected chi connectivity index (χ4v) is 1.15. The fourth-order valence-electron chi connectivity index (χ4n) is 1.15. The van der Waals surface area contributed by atoms with E-state index in [1.165, 1.54) is 6.92 Å². The maximum atomic E-state index is 13.0. The van der Waals surface area contributed by atoms with Crippen molar-refractivity contribution in [3.63, 3.8) is 0 Å². The molecular formula is C9H8F5N. The second-order valence-electron chi connectivity index (χ2n) is 3.00. The van der Waals surface area contributed by atoms with Gasteiger partial charge in [0.15, 0.2) is 23.3 Å². The number of nitrogens with two attached hydrogens (primary N) is 1. The van der Waals surface area contributed by atoms with Crippen molar-refractivity contribution >= 4 is 0 Å². The van der Waals surface area contributed by atoms with Gasteiger partial charge in [-0.05, 0) is 6.42 Å². The maximum Gasteiger partial charge on any atom is 0.200 e. The molecule has 84 valence electrons. The van der Waals surface area contributed by atoms with Crippen molar-refractivity contribution in [1.29, 1.82) is 0 Å². The SMILES string of the molecule is CC[C@@H](N)c1c(F)c(F)c(F)c(F)c1F. The van der Waals surface area contributed by atoms with E-state index in [4.69, 9.17) is 5.73 Å². The number of benzene rings is 1. The summed E-state index contributed by atoms with van der Waals surface area (Å²) in [6, 6.07) is -1.21. The zero-order valence-corrected chi connectivity index (χ0v) is 7.75. The fraction of sp³-hybridized carbons (Fsp3) is 0.333. The Hall–Kier alpha value is -1.17. The summed E-state index contributed by atoms with van der Waals surface area (Å²) in [5.41, 5.74) is 4.28. The molecule has 2 N–H and O–H groups in total. The molecule has 1 rings (SSSR count). The van der Waals surface area contributed by atoms with Gasteiger partial charge in [-0.3, -0.25) is 0 Å². The highest BCUT2D eigenvalue weighted by molar-refractivity contribution is 5.26. The van der Waals surface area contributed by atoms with Crippen molar-refractivity contribution in [2.75, 3.05) is 0 Å². The average Bonchev–Trinajstić information content (AvgIpc) is 2.23. The van der Waals surface area contributed by atoms with E-state index in [2.05, 4.69) is 0 Å². The van der Waals surface area contributed by atoms with Crippen molar-refractivity contribution in [2.45, 2.75) is 19.4 Å². The standard InChI is InChI=1S/C9H8F5N/c1-2-3(15)4-5(10)7(12)9(14)8(13)6(4)11/h3H,2,15H2,1H3/t3-/m1/s1. The zero-order chi connectivity index (χ0) is 11.7. The minimum absolute atomic E-state index is 0.0678. The van der Waals surface area contributed by atoms with Gasteiger partial charge in [0.2, 0.25) is 5.82 Å². The van der Waals surface area contributed by atoms with Gasteiger partial charge in [-0.1, -0.05) is 6.92 Å². The molecule has 0 saturated heterocycles. The van der Waals surface area contributed by atoms with Crippen molar-refractivity contribution in [3.8, 4) is 0 Å². The van der Waals surface area contributed by atoms with Crippen molar-refractivity contribution in [3.05, 3.63) is 34.6 Å². The van der Waals surface area contributed by atoms with E-state index >= 15 is 0 Å². The molecule has 0 amide bonds. The third-order valence-corrected chi connectivity index (χ3v) is 2.05. The Bertz CT molecular complexity index is 362. The molecule has 0 aromatic heterocycles. The van der Waals surface area contributed by atoms with E-state index in [0.717, 1.165) is 0 Å². The highest BCUT2D eigenvalue weighted by Crippen LogP contribution is 2.27. The monoisotopic (exact) mass is 225 g/mol. The molecule has 0 aliphatic carbocycles. The largest absolute Gasteiger partial charge is 0.324 e. The van der Waals surface area contributed by atoms with E-state index in [-0.39, 0.29) is 6.42 Å². The normalized spacial score (nSPS) is 13.0.